The summed E-state index contributed by atoms with van der Waals surface area (Å²) in [5, 5.41) is 9.40. The van der Waals surface area contributed by atoms with Crippen LogP contribution in [-0.2, 0) is 22.8 Å². The zero-order valence-electron chi connectivity index (χ0n) is 16.5. The number of aliphatic hydroxyl groups excluding tert-OH is 1. The third-order valence-corrected chi connectivity index (χ3v) is 7.07. The van der Waals surface area contributed by atoms with Crippen LogP contribution in [0.25, 0.3) is 0 Å². The first-order valence-corrected chi connectivity index (χ1v) is 11.5. The molecule has 156 valence electrons. The molecule has 1 aromatic carbocycles. The lowest BCUT2D eigenvalue weighted by molar-refractivity contribution is 0.0652. The summed E-state index contributed by atoms with van der Waals surface area (Å²) >= 11 is 0. The summed E-state index contributed by atoms with van der Waals surface area (Å²) < 4.78 is 25.2. The van der Waals surface area contributed by atoms with Crippen LogP contribution in [-0.4, -0.2) is 59.6 Å². The van der Waals surface area contributed by atoms with Gasteiger partial charge in [-0.1, -0.05) is 30.3 Å². The number of nitrogens with zero attached hydrogens (tertiary/aromatic N) is 2. The third-order valence-electron chi connectivity index (χ3n) is 5.32. The van der Waals surface area contributed by atoms with Crippen molar-refractivity contribution < 1.29 is 18.3 Å². The summed E-state index contributed by atoms with van der Waals surface area (Å²) in [7, 11) is -3.20. The van der Waals surface area contributed by atoms with E-state index >= 15 is 0 Å². The van der Waals surface area contributed by atoms with Gasteiger partial charge in [-0.05, 0) is 37.0 Å². The van der Waals surface area contributed by atoms with Gasteiger partial charge >= 0.3 is 0 Å². The van der Waals surface area contributed by atoms with Crippen molar-refractivity contribution in [3.63, 3.8) is 0 Å². The maximum atomic E-state index is 13.2. The normalized spacial score (nSPS) is 17.9. The van der Waals surface area contributed by atoms with E-state index in [0.717, 1.165) is 5.56 Å². The lowest BCUT2D eigenvalue weighted by atomic mass is 10.1. The average Bonchev–Trinajstić information content (AvgIpc) is 3.05. The predicted molar refractivity (Wildman–Crippen MR) is 111 cm³/mol. The van der Waals surface area contributed by atoms with E-state index < -0.39 is 27.3 Å². The van der Waals surface area contributed by atoms with Crippen molar-refractivity contribution >= 4 is 15.7 Å². The number of pyridine rings is 1. The van der Waals surface area contributed by atoms with Gasteiger partial charge in [-0.25, -0.2) is 8.42 Å². The topological polar surface area (TPSA) is 96.7 Å². The first kappa shape index (κ1) is 21.3. The first-order chi connectivity index (χ1) is 13.8. The van der Waals surface area contributed by atoms with Crippen LogP contribution in [0.15, 0.2) is 47.4 Å². The highest BCUT2D eigenvalue weighted by Crippen LogP contribution is 2.20. The molecule has 1 saturated heterocycles. The molecule has 1 aliphatic rings. The van der Waals surface area contributed by atoms with Crippen LogP contribution >= 0.6 is 0 Å². The van der Waals surface area contributed by atoms with Crippen LogP contribution < -0.4 is 5.56 Å². The molecule has 0 spiro atoms. The minimum atomic E-state index is -3.20. The molecule has 0 aliphatic carbocycles. The van der Waals surface area contributed by atoms with E-state index in [0.29, 0.717) is 24.9 Å². The van der Waals surface area contributed by atoms with Gasteiger partial charge in [0.15, 0.2) is 9.84 Å². The molecule has 0 bridgehead atoms. The Hall–Kier alpha value is -2.45. The molecule has 2 aromatic rings. The van der Waals surface area contributed by atoms with Gasteiger partial charge in [-0.15, -0.1) is 0 Å². The molecule has 3 rings (SSSR count). The Morgan fingerprint density at radius 3 is 2.59 bits per heavy atom. The Morgan fingerprint density at radius 1 is 1.24 bits per heavy atom. The Kier molecular flexibility index (Phi) is 6.54. The fourth-order valence-corrected chi connectivity index (χ4v) is 5.45. The maximum absolute atomic E-state index is 13.2. The van der Waals surface area contributed by atoms with E-state index in [1.165, 1.54) is 9.47 Å². The van der Waals surface area contributed by atoms with Gasteiger partial charge in [0.05, 0.1) is 18.1 Å². The van der Waals surface area contributed by atoms with Crippen LogP contribution in [0.5, 0.6) is 0 Å². The third kappa shape index (κ3) is 4.94. The lowest BCUT2D eigenvalue weighted by Gasteiger charge is -2.28. The largest absolute Gasteiger partial charge is 0.395 e. The van der Waals surface area contributed by atoms with Gasteiger partial charge in [0, 0.05) is 25.3 Å². The van der Waals surface area contributed by atoms with Crippen molar-refractivity contribution in [2.24, 2.45) is 0 Å². The molecule has 1 aromatic heterocycles. The Morgan fingerprint density at radius 2 is 1.97 bits per heavy atom. The summed E-state index contributed by atoms with van der Waals surface area (Å²) in [6.45, 7) is 1.83. The Labute approximate surface area is 170 Å². The van der Waals surface area contributed by atoms with E-state index in [1.807, 2.05) is 30.3 Å². The molecule has 1 amide bonds. The van der Waals surface area contributed by atoms with Gasteiger partial charge in [0.25, 0.3) is 11.5 Å². The molecule has 1 aliphatic heterocycles. The summed E-state index contributed by atoms with van der Waals surface area (Å²) in [5.41, 5.74) is 1.28. The number of carbonyl (C=O) groups excluding carboxylic acids is 1. The highest BCUT2D eigenvalue weighted by atomic mass is 32.2. The Balaban J connectivity index is 1.87. The highest BCUT2D eigenvalue weighted by molar-refractivity contribution is 7.91. The van der Waals surface area contributed by atoms with E-state index in [4.69, 9.17) is 0 Å². The second-order valence-electron chi connectivity index (χ2n) is 7.39. The number of carbonyl (C=O) groups is 1. The molecule has 0 radical (unpaired) electrons. The molecule has 2 heterocycles. The SMILES string of the molecule is Cc1ccn(CCc2ccccc2)c(=O)c1C(=O)N(CCO)C1CCS(=O)(=O)C1. The zero-order chi connectivity index (χ0) is 21.0. The number of aryl methyl sites for hydroxylation is 3. The smallest absolute Gasteiger partial charge is 0.263 e. The number of benzene rings is 1. The van der Waals surface area contributed by atoms with E-state index in [1.54, 1.807) is 19.2 Å². The number of sulfone groups is 1. The van der Waals surface area contributed by atoms with E-state index in [2.05, 4.69) is 0 Å². The van der Waals surface area contributed by atoms with Crippen LogP contribution in [0, 0.1) is 6.92 Å². The monoisotopic (exact) mass is 418 g/mol. The van der Waals surface area contributed by atoms with Crippen molar-refractivity contribution in [3.05, 3.63) is 69.6 Å². The van der Waals surface area contributed by atoms with Gasteiger partial charge in [0.2, 0.25) is 0 Å². The second-order valence-corrected chi connectivity index (χ2v) is 9.62. The van der Waals surface area contributed by atoms with Crippen molar-refractivity contribution in [1.29, 1.82) is 0 Å². The number of rotatable bonds is 7. The van der Waals surface area contributed by atoms with Gasteiger partial charge in [-0.2, -0.15) is 0 Å². The molecule has 1 N–H and O–H groups in total. The van der Waals surface area contributed by atoms with Crippen molar-refractivity contribution in [3.8, 4) is 0 Å². The van der Waals surface area contributed by atoms with E-state index in [-0.39, 0.29) is 30.2 Å². The van der Waals surface area contributed by atoms with Crippen LogP contribution in [0.2, 0.25) is 0 Å². The van der Waals surface area contributed by atoms with Crippen LogP contribution in [0.4, 0.5) is 0 Å². The standard InChI is InChI=1S/C21H26N2O5S/c1-16-7-10-22(11-8-17-5-3-2-4-6-17)20(25)19(16)21(26)23(12-13-24)18-9-14-29(27,28)15-18/h2-7,10,18,24H,8-9,11-15H2,1H3. The quantitative estimate of drug-likeness (QED) is 0.724. The van der Waals surface area contributed by atoms with Crippen molar-refractivity contribution in [1.82, 2.24) is 9.47 Å². The summed E-state index contributed by atoms with van der Waals surface area (Å²) in [5.74, 6) is -0.632. The van der Waals surface area contributed by atoms with Crippen LogP contribution in [0.3, 0.4) is 0 Å². The molecule has 1 fully saturated rings. The highest BCUT2D eigenvalue weighted by Gasteiger charge is 2.36. The Bertz CT molecular complexity index is 1030. The minimum absolute atomic E-state index is 0.00317. The summed E-state index contributed by atoms with van der Waals surface area (Å²) in [4.78, 5) is 27.6. The molecule has 8 heteroatoms. The molecular formula is C21H26N2O5S. The summed E-state index contributed by atoms with van der Waals surface area (Å²) in [6, 6.07) is 11.0. The predicted octanol–water partition coefficient (Wildman–Crippen LogP) is 1.02. The average molecular weight is 419 g/mol. The van der Waals surface area contributed by atoms with Crippen molar-refractivity contribution in [2.75, 3.05) is 24.7 Å². The first-order valence-electron chi connectivity index (χ1n) is 9.68. The van der Waals surface area contributed by atoms with Gasteiger partial charge < -0.3 is 14.6 Å². The lowest BCUT2D eigenvalue weighted by Crippen LogP contribution is -2.45. The number of aromatic nitrogens is 1. The fourth-order valence-electron chi connectivity index (χ4n) is 3.72. The molecule has 1 unspecified atom stereocenters. The molecule has 1 atom stereocenters. The van der Waals surface area contributed by atoms with Crippen LogP contribution in [0.1, 0.15) is 27.9 Å². The number of aliphatic hydroxyl groups is 1. The fraction of sp³-hybridized carbons (Fsp3) is 0.429. The summed E-state index contributed by atoms with van der Waals surface area (Å²) in [6.07, 6.45) is 2.65. The van der Waals surface area contributed by atoms with Gasteiger partial charge in [-0.3, -0.25) is 9.59 Å². The number of hydrogen-bond donors (Lipinski definition) is 1. The molecule has 0 saturated carbocycles. The number of hydrogen-bond acceptors (Lipinski definition) is 5. The maximum Gasteiger partial charge on any atom is 0.263 e. The molecular weight excluding hydrogens is 392 g/mol. The molecule has 7 nitrogen and oxygen atoms in total. The van der Waals surface area contributed by atoms with Crippen molar-refractivity contribution in [2.45, 2.75) is 32.4 Å². The minimum Gasteiger partial charge on any atom is -0.395 e. The van der Waals surface area contributed by atoms with E-state index in [9.17, 15) is 23.1 Å². The molecule has 29 heavy (non-hydrogen) atoms. The zero-order valence-corrected chi connectivity index (χ0v) is 17.3. The number of amides is 1. The second kappa shape index (κ2) is 8.92. The van der Waals surface area contributed by atoms with Gasteiger partial charge in [0.1, 0.15) is 5.56 Å².